The molecule has 1 aliphatic rings. The molecule has 0 saturated carbocycles. The Kier molecular flexibility index (Phi) is 9.76. The Morgan fingerprint density at radius 3 is 2.62 bits per heavy atom. The number of ether oxygens (including phenoxy) is 1. The first-order valence-corrected chi connectivity index (χ1v) is 9.21. The quantitative estimate of drug-likeness (QED) is 0.497. The highest BCUT2D eigenvalue weighted by atomic mass is 16.5. The van der Waals surface area contributed by atoms with E-state index in [1.807, 2.05) is 0 Å². The van der Waals surface area contributed by atoms with Crippen molar-refractivity contribution in [2.45, 2.75) is 52.5 Å². The van der Waals surface area contributed by atoms with E-state index in [1.165, 1.54) is 12.8 Å². The Labute approximate surface area is 147 Å². The normalized spacial score (nSPS) is 19.4. The van der Waals surface area contributed by atoms with Gasteiger partial charge in [0, 0.05) is 39.2 Å². The van der Waals surface area contributed by atoms with Crippen LogP contribution in [0.4, 0.5) is 0 Å². The number of nitrogens with one attached hydrogen (secondary N) is 2. The van der Waals surface area contributed by atoms with Crippen LogP contribution in [0.3, 0.4) is 0 Å². The van der Waals surface area contributed by atoms with E-state index >= 15 is 0 Å². The van der Waals surface area contributed by atoms with Gasteiger partial charge in [-0.15, -0.1) is 0 Å². The van der Waals surface area contributed by atoms with Gasteiger partial charge in [-0.1, -0.05) is 26.7 Å². The molecule has 24 heavy (non-hydrogen) atoms. The van der Waals surface area contributed by atoms with Gasteiger partial charge in [0.25, 0.3) is 0 Å². The molecule has 0 radical (unpaired) electrons. The van der Waals surface area contributed by atoms with Crippen molar-refractivity contribution in [3.8, 4) is 0 Å². The summed E-state index contributed by atoms with van der Waals surface area (Å²) < 4.78 is 5.41. The van der Waals surface area contributed by atoms with Crippen LogP contribution >= 0.6 is 0 Å². The van der Waals surface area contributed by atoms with Crippen LogP contribution < -0.4 is 10.6 Å². The average molecular weight is 341 g/mol. The standard InChI is InChI=1S/C18H36N4O2/c1-14(2)7-6-8-15(3)21-18(20-12-17(23)22(4)5)19-11-16-9-10-24-13-16/h14-16H,6-13H2,1-5H3,(H2,19,20,21). The van der Waals surface area contributed by atoms with E-state index in [9.17, 15) is 4.79 Å². The van der Waals surface area contributed by atoms with Gasteiger partial charge in [-0.3, -0.25) is 4.79 Å². The first-order chi connectivity index (χ1) is 11.4. The van der Waals surface area contributed by atoms with Crippen LogP contribution in [0.2, 0.25) is 0 Å². The van der Waals surface area contributed by atoms with Gasteiger partial charge >= 0.3 is 0 Å². The average Bonchev–Trinajstić information content (AvgIpc) is 3.02. The largest absolute Gasteiger partial charge is 0.381 e. The molecule has 2 unspecified atom stereocenters. The van der Waals surface area contributed by atoms with Gasteiger partial charge in [-0.05, 0) is 25.7 Å². The van der Waals surface area contributed by atoms with E-state index < -0.39 is 0 Å². The summed E-state index contributed by atoms with van der Waals surface area (Å²) in [6.45, 7) is 9.33. The summed E-state index contributed by atoms with van der Waals surface area (Å²) in [5.41, 5.74) is 0. The summed E-state index contributed by atoms with van der Waals surface area (Å²) in [7, 11) is 3.51. The van der Waals surface area contributed by atoms with Crippen LogP contribution in [0.5, 0.6) is 0 Å². The topological polar surface area (TPSA) is 66.0 Å². The number of aliphatic imine (C=N–C) groups is 1. The zero-order chi connectivity index (χ0) is 17.9. The third-order valence-corrected chi connectivity index (χ3v) is 4.26. The molecule has 6 heteroatoms. The van der Waals surface area contributed by atoms with Gasteiger partial charge in [-0.2, -0.15) is 0 Å². The van der Waals surface area contributed by atoms with Crippen LogP contribution in [-0.2, 0) is 9.53 Å². The van der Waals surface area contributed by atoms with Gasteiger partial charge in [-0.25, -0.2) is 4.99 Å². The fourth-order valence-electron chi connectivity index (χ4n) is 2.56. The molecule has 1 aliphatic heterocycles. The number of hydrogen-bond donors (Lipinski definition) is 2. The molecular formula is C18H36N4O2. The lowest BCUT2D eigenvalue weighted by molar-refractivity contribution is -0.127. The number of carbonyl (C=O) groups excluding carboxylic acids is 1. The number of carbonyl (C=O) groups is 1. The van der Waals surface area contributed by atoms with Crippen LogP contribution in [0.25, 0.3) is 0 Å². The van der Waals surface area contributed by atoms with Crippen molar-refractivity contribution in [1.82, 2.24) is 15.5 Å². The number of hydrogen-bond acceptors (Lipinski definition) is 3. The molecule has 1 rings (SSSR count). The number of nitrogens with zero attached hydrogens (tertiary/aromatic N) is 2. The Hall–Kier alpha value is -1.30. The number of rotatable bonds is 9. The third-order valence-electron chi connectivity index (χ3n) is 4.26. The maximum absolute atomic E-state index is 11.8. The second-order valence-corrected chi connectivity index (χ2v) is 7.43. The molecule has 0 aromatic heterocycles. The Balaban J connectivity index is 2.48. The molecule has 2 atom stereocenters. The Bertz CT molecular complexity index is 390. The summed E-state index contributed by atoms with van der Waals surface area (Å²) in [4.78, 5) is 17.8. The molecule has 0 aromatic rings. The van der Waals surface area contributed by atoms with E-state index in [0.717, 1.165) is 44.5 Å². The van der Waals surface area contributed by atoms with Gasteiger partial charge < -0.3 is 20.3 Å². The van der Waals surface area contributed by atoms with Crippen molar-refractivity contribution < 1.29 is 9.53 Å². The lowest BCUT2D eigenvalue weighted by Gasteiger charge is -2.20. The zero-order valence-electron chi connectivity index (χ0n) is 16.1. The molecule has 0 bridgehead atoms. The van der Waals surface area contributed by atoms with Gasteiger partial charge in [0.15, 0.2) is 5.96 Å². The van der Waals surface area contributed by atoms with Crippen molar-refractivity contribution in [3.63, 3.8) is 0 Å². The minimum Gasteiger partial charge on any atom is -0.381 e. The maximum atomic E-state index is 11.8. The van der Waals surface area contributed by atoms with Gasteiger partial charge in [0.05, 0.1) is 6.61 Å². The lowest BCUT2D eigenvalue weighted by Crippen LogP contribution is -2.44. The monoisotopic (exact) mass is 340 g/mol. The third kappa shape index (κ3) is 9.11. The van der Waals surface area contributed by atoms with Crippen molar-refractivity contribution in [2.24, 2.45) is 16.8 Å². The second kappa shape index (κ2) is 11.3. The molecule has 6 nitrogen and oxygen atoms in total. The van der Waals surface area contributed by atoms with E-state index in [4.69, 9.17) is 4.74 Å². The summed E-state index contributed by atoms with van der Waals surface area (Å²) in [6.07, 6.45) is 4.63. The molecule has 0 spiro atoms. The first-order valence-electron chi connectivity index (χ1n) is 9.21. The van der Waals surface area contributed by atoms with Crippen LogP contribution in [0.1, 0.15) is 46.5 Å². The van der Waals surface area contributed by atoms with Crippen molar-refractivity contribution in [2.75, 3.05) is 40.4 Å². The number of guanidine groups is 1. The van der Waals surface area contributed by atoms with Crippen LogP contribution in [-0.4, -0.2) is 63.2 Å². The highest BCUT2D eigenvalue weighted by molar-refractivity contribution is 5.84. The maximum Gasteiger partial charge on any atom is 0.243 e. The molecule has 1 saturated heterocycles. The fourth-order valence-corrected chi connectivity index (χ4v) is 2.56. The van der Waals surface area contributed by atoms with E-state index in [1.54, 1.807) is 19.0 Å². The smallest absolute Gasteiger partial charge is 0.243 e. The van der Waals surface area contributed by atoms with Crippen LogP contribution in [0, 0.1) is 11.8 Å². The Morgan fingerprint density at radius 2 is 2.04 bits per heavy atom. The van der Waals surface area contributed by atoms with Gasteiger partial charge in [0.1, 0.15) is 6.54 Å². The highest BCUT2D eigenvalue weighted by Crippen LogP contribution is 2.11. The molecular weight excluding hydrogens is 304 g/mol. The summed E-state index contributed by atoms with van der Waals surface area (Å²) >= 11 is 0. The molecule has 1 fully saturated rings. The SMILES string of the molecule is CC(C)CCCC(C)NC(=NCC(=O)N(C)C)NCC1CCOC1. The van der Waals surface area contributed by atoms with Crippen LogP contribution in [0.15, 0.2) is 4.99 Å². The molecule has 1 heterocycles. The van der Waals surface area contributed by atoms with E-state index in [0.29, 0.717) is 12.0 Å². The predicted octanol–water partition coefficient (Wildman–Crippen LogP) is 1.86. The highest BCUT2D eigenvalue weighted by Gasteiger charge is 2.16. The molecule has 0 aromatic carbocycles. The molecule has 1 amide bonds. The fraction of sp³-hybridized carbons (Fsp3) is 0.889. The zero-order valence-corrected chi connectivity index (χ0v) is 16.1. The minimum atomic E-state index is 0.00719. The molecule has 140 valence electrons. The molecule has 2 N–H and O–H groups in total. The summed E-state index contributed by atoms with van der Waals surface area (Å²) in [5, 5.41) is 6.81. The van der Waals surface area contributed by atoms with Crippen molar-refractivity contribution >= 4 is 11.9 Å². The minimum absolute atomic E-state index is 0.00719. The second-order valence-electron chi connectivity index (χ2n) is 7.43. The van der Waals surface area contributed by atoms with Crippen molar-refractivity contribution in [1.29, 1.82) is 0 Å². The molecule has 0 aliphatic carbocycles. The van der Waals surface area contributed by atoms with E-state index in [-0.39, 0.29) is 12.5 Å². The summed E-state index contributed by atoms with van der Waals surface area (Å²) in [5.74, 6) is 2.00. The van der Waals surface area contributed by atoms with Crippen molar-refractivity contribution in [3.05, 3.63) is 0 Å². The number of amides is 1. The first kappa shape index (κ1) is 20.7. The summed E-state index contributed by atoms with van der Waals surface area (Å²) in [6, 6.07) is 0.337. The predicted molar refractivity (Wildman–Crippen MR) is 99.2 cm³/mol. The van der Waals surface area contributed by atoms with E-state index in [2.05, 4.69) is 36.4 Å². The van der Waals surface area contributed by atoms with Gasteiger partial charge in [0.2, 0.25) is 5.91 Å². The lowest BCUT2D eigenvalue weighted by atomic mass is 10.0. The number of likely N-dealkylation sites (N-methyl/N-ethyl adjacent to an activating group) is 1. The Morgan fingerprint density at radius 1 is 1.29 bits per heavy atom.